The summed E-state index contributed by atoms with van der Waals surface area (Å²) in [6.45, 7) is 3.82. The zero-order valence-corrected chi connectivity index (χ0v) is 14.8. The molecule has 0 aromatic heterocycles. The first-order valence-corrected chi connectivity index (χ1v) is 9.69. The van der Waals surface area contributed by atoms with Crippen LogP contribution < -0.4 is 5.32 Å². The van der Waals surface area contributed by atoms with Crippen molar-refractivity contribution < 1.29 is 13.2 Å². The molecule has 0 bridgehead atoms. The van der Waals surface area contributed by atoms with Crippen molar-refractivity contribution >= 4 is 15.7 Å². The van der Waals surface area contributed by atoms with Crippen molar-refractivity contribution in [3.63, 3.8) is 0 Å². The minimum atomic E-state index is -3.53. The number of sulfone groups is 1. The molecule has 0 spiro atoms. The second-order valence-electron chi connectivity index (χ2n) is 5.96. The van der Waals surface area contributed by atoms with Crippen LogP contribution in [0.3, 0.4) is 0 Å². The Morgan fingerprint density at radius 3 is 2.25 bits per heavy atom. The molecule has 2 rings (SSSR count). The van der Waals surface area contributed by atoms with Crippen LogP contribution in [0.15, 0.2) is 54.6 Å². The van der Waals surface area contributed by atoms with E-state index in [2.05, 4.69) is 5.32 Å². The van der Waals surface area contributed by atoms with Gasteiger partial charge in [-0.15, -0.1) is 0 Å². The van der Waals surface area contributed by atoms with Gasteiger partial charge in [-0.3, -0.25) is 4.79 Å². The van der Waals surface area contributed by atoms with Gasteiger partial charge in [-0.1, -0.05) is 60.2 Å². The molecule has 1 atom stereocenters. The van der Waals surface area contributed by atoms with E-state index in [-0.39, 0.29) is 5.75 Å². The fourth-order valence-corrected chi connectivity index (χ4v) is 3.64. The molecule has 0 radical (unpaired) electrons. The molecule has 0 fully saturated rings. The summed E-state index contributed by atoms with van der Waals surface area (Å²) < 4.78 is 24.8. The third-order valence-electron chi connectivity index (χ3n) is 3.95. The highest BCUT2D eigenvalue weighted by molar-refractivity contribution is 7.92. The predicted octanol–water partition coefficient (Wildman–Crippen LogP) is 2.66. The molecule has 1 amide bonds. The lowest BCUT2D eigenvalue weighted by Gasteiger charge is -2.13. The second-order valence-corrected chi connectivity index (χ2v) is 8.28. The fraction of sp³-hybridized carbons (Fsp3) is 0.316. The molecular weight excluding hydrogens is 322 g/mol. The third kappa shape index (κ3) is 5.20. The van der Waals surface area contributed by atoms with Crippen molar-refractivity contribution in [2.75, 3.05) is 6.54 Å². The summed E-state index contributed by atoms with van der Waals surface area (Å²) in [6.07, 6.45) is 0.678. The highest BCUT2D eigenvalue weighted by Gasteiger charge is 2.27. The predicted molar refractivity (Wildman–Crippen MR) is 96.4 cm³/mol. The normalized spacial score (nSPS) is 12.6. The average molecular weight is 345 g/mol. The van der Waals surface area contributed by atoms with Gasteiger partial charge in [0.25, 0.3) is 0 Å². The van der Waals surface area contributed by atoms with Crippen LogP contribution in [0.25, 0.3) is 0 Å². The van der Waals surface area contributed by atoms with Gasteiger partial charge in [0.15, 0.2) is 9.84 Å². The average Bonchev–Trinajstić information content (AvgIpc) is 2.57. The van der Waals surface area contributed by atoms with E-state index >= 15 is 0 Å². The van der Waals surface area contributed by atoms with E-state index in [4.69, 9.17) is 0 Å². The summed E-state index contributed by atoms with van der Waals surface area (Å²) in [7, 11) is -3.53. The molecule has 2 aromatic rings. The van der Waals surface area contributed by atoms with Crippen molar-refractivity contribution in [2.24, 2.45) is 0 Å². The van der Waals surface area contributed by atoms with Crippen LogP contribution in [0.2, 0.25) is 0 Å². The summed E-state index contributed by atoms with van der Waals surface area (Å²) in [6, 6.07) is 17.1. The van der Waals surface area contributed by atoms with Crippen LogP contribution in [-0.4, -0.2) is 26.1 Å². The molecule has 0 saturated heterocycles. The third-order valence-corrected chi connectivity index (χ3v) is 5.98. The quantitative estimate of drug-likeness (QED) is 0.839. The Morgan fingerprint density at radius 2 is 1.62 bits per heavy atom. The molecule has 0 aliphatic heterocycles. The van der Waals surface area contributed by atoms with Gasteiger partial charge in [0, 0.05) is 6.54 Å². The van der Waals surface area contributed by atoms with Crippen molar-refractivity contribution in [2.45, 2.75) is 31.3 Å². The van der Waals surface area contributed by atoms with Crippen molar-refractivity contribution in [1.82, 2.24) is 5.32 Å². The lowest BCUT2D eigenvalue weighted by molar-refractivity contribution is -0.120. The number of hydrogen-bond acceptors (Lipinski definition) is 3. The van der Waals surface area contributed by atoms with Gasteiger partial charge in [0.2, 0.25) is 5.91 Å². The van der Waals surface area contributed by atoms with Crippen LogP contribution >= 0.6 is 0 Å². The van der Waals surface area contributed by atoms with Gasteiger partial charge in [0.05, 0.1) is 5.75 Å². The van der Waals surface area contributed by atoms with E-state index in [1.807, 2.05) is 49.4 Å². The summed E-state index contributed by atoms with van der Waals surface area (Å²) in [5, 5.41) is 1.65. The van der Waals surface area contributed by atoms with Gasteiger partial charge in [0.1, 0.15) is 5.25 Å². The molecule has 24 heavy (non-hydrogen) atoms. The fourth-order valence-electron chi connectivity index (χ4n) is 2.32. The Kier molecular flexibility index (Phi) is 6.15. The number of benzene rings is 2. The SMILES string of the molecule is Cc1ccc(CS(=O)(=O)C(C)C(=O)NCCc2ccccc2)cc1. The number of carbonyl (C=O) groups is 1. The van der Waals surface area contributed by atoms with E-state index in [0.29, 0.717) is 18.5 Å². The molecule has 0 heterocycles. The minimum Gasteiger partial charge on any atom is -0.355 e. The van der Waals surface area contributed by atoms with Crippen molar-refractivity contribution in [3.05, 3.63) is 71.3 Å². The molecule has 5 heteroatoms. The number of carbonyl (C=O) groups excluding carboxylic acids is 1. The number of rotatable bonds is 7. The van der Waals surface area contributed by atoms with Gasteiger partial charge >= 0.3 is 0 Å². The summed E-state index contributed by atoms with van der Waals surface area (Å²) >= 11 is 0. The number of hydrogen-bond donors (Lipinski definition) is 1. The van der Waals surface area contributed by atoms with Gasteiger partial charge in [-0.25, -0.2) is 8.42 Å². The van der Waals surface area contributed by atoms with Gasteiger partial charge in [-0.2, -0.15) is 0 Å². The molecule has 4 nitrogen and oxygen atoms in total. The Hall–Kier alpha value is -2.14. The Morgan fingerprint density at radius 1 is 1.00 bits per heavy atom. The van der Waals surface area contributed by atoms with Crippen molar-refractivity contribution in [3.8, 4) is 0 Å². The molecule has 128 valence electrons. The van der Waals surface area contributed by atoms with Crippen LogP contribution in [0, 0.1) is 6.92 Å². The maximum Gasteiger partial charge on any atom is 0.238 e. The molecular formula is C19H23NO3S. The summed E-state index contributed by atoms with van der Waals surface area (Å²) in [5.74, 6) is -0.571. The van der Waals surface area contributed by atoms with Crippen molar-refractivity contribution in [1.29, 1.82) is 0 Å². The van der Waals surface area contributed by atoms with Crippen LogP contribution in [0.5, 0.6) is 0 Å². The highest BCUT2D eigenvalue weighted by atomic mass is 32.2. The first kappa shape index (κ1) is 18.2. The zero-order chi connectivity index (χ0) is 17.6. The molecule has 2 aromatic carbocycles. The standard InChI is InChI=1S/C19H23NO3S/c1-15-8-10-18(11-9-15)14-24(22,23)16(2)19(21)20-13-12-17-6-4-3-5-7-17/h3-11,16H,12-14H2,1-2H3,(H,20,21). The highest BCUT2D eigenvalue weighted by Crippen LogP contribution is 2.12. The van der Waals surface area contributed by atoms with E-state index in [0.717, 1.165) is 11.1 Å². The van der Waals surface area contributed by atoms with Gasteiger partial charge in [-0.05, 0) is 31.4 Å². The Balaban J connectivity index is 1.89. The first-order chi connectivity index (χ1) is 11.4. The number of nitrogens with one attached hydrogen (secondary N) is 1. The maximum atomic E-state index is 12.4. The molecule has 1 unspecified atom stereocenters. The second kappa shape index (κ2) is 8.11. The molecule has 1 N–H and O–H groups in total. The summed E-state index contributed by atoms with van der Waals surface area (Å²) in [4.78, 5) is 12.1. The Labute approximate surface area is 143 Å². The topological polar surface area (TPSA) is 63.2 Å². The molecule has 0 saturated carbocycles. The van der Waals surface area contributed by atoms with E-state index < -0.39 is 21.0 Å². The van der Waals surface area contributed by atoms with Crippen LogP contribution in [0.4, 0.5) is 0 Å². The largest absolute Gasteiger partial charge is 0.355 e. The first-order valence-electron chi connectivity index (χ1n) is 7.97. The van der Waals surface area contributed by atoms with E-state index in [1.54, 1.807) is 12.1 Å². The maximum absolute atomic E-state index is 12.4. The molecule has 0 aliphatic carbocycles. The smallest absolute Gasteiger partial charge is 0.238 e. The van der Waals surface area contributed by atoms with E-state index in [9.17, 15) is 13.2 Å². The monoisotopic (exact) mass is 345 g/mol. The lowest BCUT2D eigenvalue weighted by atomic mass is 10.1. The number of aryl methyl sites for hydroxylation is 1. The molecule has 0 aliphatic rings. The minimum absolute atomic E-state index is 0.124. The Bertz CT molecular complexity index is 768. The van der Waals surface area contributed by atoms with Crippen LogP contribution in [0.1, 0.15) is 23.6 Å². The van der Waals surface area contributed by atoms with Gasteiger partial charge < -0.3 is 5.32 Å². The lowest BCUT2D eigenvalue weighted by Crippen LogP contribution is -2.39. The zero-order valence-electron chi connectivity index (χ0n) is 14.0. The summed E-state index contributed by atoms with van der Waals surface area (Å²) in [5.41, 5.74) is 2.88. The number of amides is 1. The van der Waals surface area contributed by atoms with E-state index in [1.165, 1.54) is 6.92 Å². The van der Waals surface area contributed by atoms with Crippen LogP contribution in [-0.2, 0) is 26.8 Å².